The van der Waals surface area contributed by atoms with Crippen molar-refractivity contribution in [1.82, 2.24) is 5.16 Å². The lowest BCUT2D eigenvalue weighted by molar-refractivity contribution is 0.1000. The molecule has 6 nitrogen and oxygen atoms in total. The second-order valence-corrected chi connectivity index (χ2v) is 8.98. The molecule has 144 valence electrons. The van der Waals surface area contributed by atoms with E-state index in [0.29, 0.717) is 22.2 Å². The van der Waals surface area contributed by atoms with Crippen LogP contribution in [0.15, 0.2) is 39.3 Å². The average molecular weight is 460 g/mol. The second-order valence-electron chi connectivity index (χ2n) is 6.96. The van der Waals surface area contributed by atoms with Gasteiger partial charge in [0.15, 0.2) is 11.5 Å². The van der Waals surface area contributed by atoms with Crippen molar-refractivity contribution >= 4 is 44.1 Å². The number of anilines is 1. The molecular formula is C20H18BrN3O3S. The van der Waals surface area contributed by atoms with Crippen LogP contribution in [0.25, 0.3) is 11.3 Å². The van der Waals surface area contributed by atoms with Gasteiger partial charge < -0.3 is 15.6 Å². The minimum atomic E-state index is -0.516. The first kappa shape index (κ1) is 18.9. The number of primary amides is 1. The number of nitrogens with zero attached hydrogens (tertiary/aromatic N) is 1. The molecule has 2 aromatic heterocycles. The number of thiophene rings is 1. The maximum Gasteiger partial charge on any atom is 0.278 e. The Morgan fingerprint density at radius 2 is 2.07 bits per heavy atom. The van der Waals surface area contributed by atoms with Crippen molar-refractivity contribution in [3.8, 4) is 11.3 Å². The van der Waals surface area contributed by atoms with E-state index < -0.39 is 11.8 Å². The fourth-order valence-corrected chi connectivity index (χ4v) is 5.07. The molecule has 28 heavy (non-hydrogen) atoms. The first-order valence-electron chi connectivity index (χ1n) is 8.90. The zero-order valence-corrected chi connectivity index (χ0v) is 17.5. The Kier molecular flexibility index (Phi) is 5.07. The number of halogens is 1. The maximum absolute atomic E-state index is 12.7. The van der Waals surface area contributed by atoms with Crippen LogP contribution in [0.3, 0.4) is 0 Å². The van der Waals surface area contributed by atoms with Crippen molar-refractivity contribution in [2.45, 2.75) is 26.2 Å². The normalized spacial score (nSPS) is 15.9. The monoisotopic (exact) mass is 459 g/mol. The maximum atomic E-state index is 12.7. The molecule has 1 atom stereocenters. The number of rotatable bonds is 4. The molecule has 8 heteroatoms. The summed E-state index contributed by atoms with van der Waals surface area (Å²) in [7, 11) is 0. The van der Waals surface area contributed by atoms with E-state index in [1.165, 1.54) is 11.3 Å². The average Bonchev–Trinajstić information content (AvgIpc) is 3.26. The molecule has 0 fully saturated rings. The number of fused-ring (bicyclic) bond motifs is 1. The summed E-state index contributed by atoms with van der Waals surface area (Å²) in [5.74, 6) is 0.103. The first-order chi connectivity index (χ1) is 13.4. The van der Waals surface area contributed by atoms with Gasteiger partial charge in [-0.3, -0.25) is 9.59 Å². The molecule has 1 aromatic carbocycles. The van der Waals surface area contributed by atoms with Gasteiger partial charge in [-0.15, -0.1) is 11.3 Å². The highest BCUT2D eigenvalue weighted by atomic mass is 79.9. The second kappa shape index (κ2) is 7.52. The molecule has 2 amide bonds. The van der Waals surface area contributed by atoms with E-state index >= 15 is 0 Å². The van der Waals surface area contributed by atoms with Crippen LogP contribution in [0.4, 0.5) is 5.00 Å². The predicted molar refractivity (Wildman–Crippen MR) is 112 cm³/mol. The highest BCUT2D eigenvalue weighted by molar-refractivity contribution is 9.10. The van der Waals surface area contributed by atoms with Crippen LogP contribution >= 0.6 is 27.3 Å². The third-order valence-corrected chi connectivity index (χ3v) is 6.56. The Bertz CT molecular complexity index is 1060. The highest BCUT2D eigenvalue weighted by Gasteiger charge is 2.28. The number of hydrogen-bond acceptors (Lipinski definition) is 5. The lowest BCUT2D eigenvalue weighted by Crippen LogP contribution is -2.19. The quantitative estimate of drug-likeness (QED) is 0.593. The van der Waals surface area contributed by atoms with Crippen molar-refractivity contribution in [2.75, 3.05) is 5.32 Å². The number of benzene rings is 1. The first-order valence-corrected chi connectivity index (χ1v) is 10.5. The minimum absolute atomic E-state index is 0.146. The smallest absolute Gasteiger partial charge is 0.278 e. The Balaban J connectivity index is 1.59. The van der Waals surface area contributed by atoms with E-state index in [1.54, 1.807) is 6.07 Å². The van der Waals surface area contributed by atoms with Crippen molar-refractivity contribution in [3.63, 3.8) is 0 Å². The van der Waals surface area contributed by atoms with Gasteiger partial charge in [0, 0.05) is 21.0 Å². The van der Waals surface area contributed by atoms with Crippen molar-refractivity contribution in [2.24, 2.45) is 11.7 Å². The van der Waals surface area contributed by atoms with Crippen LogP contribution in [-0.2, 0) is 12.8 Å². The van der Waals surface area contributed by atoms with E-state index in [-0.39, 0.29) is 5.69 Å². The van der Waals surface area contributed by atoms with Gasteiger partial charge in [-0.25, -0.2) is 0 Å². The van der Waals surface area contributed by atoms with Crippen molar-refractivity contribution in [3.05, 3.63) is 56.5 Å². The molecule has 4 rings (SSSR count). The summed E-state index contributed by atoms with van der Waals surface area (Å²) in [6.07, 6.45) is 2.71. The van der Waals surface area contributed by atoms with Crippen LogP contribution in [0, 0.1) is 5.92 Å². The van der Waals surface area contributed by atoms with E-state index in [9.17, 15) is 9.59 Å². The van der Waals surface area contributed by atoms with Gasteiger partial charge in [-0.1, -0.05) is 40.1 Å². The Labute approximate surface area is 174 Å². The van der Waals surface area contributed by atoms with E-state index in [0.717, 1.165) is 39.7 Å². The Morgan fingerprint density at radius 3 is 2.79 bits per heavy atom. The van der Waals surface area contributed by atoms with Crippen LogP contribution in [0.2, 0.25) is 0 Å². The number of amides is 2. The van der Waals surface area contributed by atoms with Gasteiger partial charge in [0.2, 0.25) is 0 Å². The molecule has 0 aliphatic heterocycles. The van der Waals surface area contributed by atoms with Crippen molar-refractivity contribution in [1.29, 1.82) is 0 Å². The third-order valence-electron chi connectivity index (χ3n) is 4.86. The summed E-state index contributed by atoms with van der Waals surface area (Å²) >= 11 is 4.81. The van der Waals surface area contributed by atoms with Gasteiger partial charge in [-0.2, -0.15) is 0 Å². The standard InChI is InChI=1S/C20H18BrN3O3S/c1-10-2-7-13-16(8-10)28-20(17(13)18(22)25)23-19(26)14-9-15(27-24-14)11-3-5-12(21)6-4-11/h3-6,9-10H,2,7-8H2,1H3,(H2,22,25)(H,23,26)/t10-/m0/s1. The zero-order valence-electron chi connectivity index (χ0n) is 15.1. The molecule has 0 saturated heterocycles. The summed E-state index contributed by atoms with van der Waals surface area (Å²) < 4.78 is 6.26. The summed E-state index contributed by atoms with van der Waals surface area (Å²) in [6, 6.07) is 9.08. The van der Waals surface area contributed by atoms with Crippen LogP contribution in [-0.4, -0.2) is 17.0 Å². The molecular weight excluding hydrogens is 442 g/mol. The van der Waals surface area contributed by atoms with Gasteiger partial charge in [0.05, 0.1) is 5.56 Å². The summed E-state index contributed by atoms with van der Waals surface area (Å²) in [5.41, 5.74) is 7.96. The number of carbonyl (C=O) groups is 2. The van der Waals surface area contributed by atoms with Gasteiger partial charge in [0.25, 0.3) is 11.8 Å². The predicted octanol–water partition coefficient (Wildman–Crippen LogP) is 4.64. The lowest BCUT2D eigenvalue weighted by Gasteiger charge is -2.18. The van der Waals surface area contributed by atoms with Gasteiger partial charge in [-0.05, 0) is 42.9 Å². The highest BCUT2D eigenvalue weighted by Crippen LogP contribution is 2.39. The molecule has 0 unspecified atom stereocenters. The minimum Gasteiger partial charge on any atom is -0.365 e. The van der Waals surface area contributed by atoms with E-state index in [1.807, 2.05) is 24.3 Å². The van der Waals surface area contributed by atoms with Crippen LogP contribution in [0.5, 0.6) is 0 Å². The van der Waals surface area contributed by atoms with Gasteiger partial charge >= 0.3 is 0 Å². The molecule has 0 radical (unpaired) electrons. The van der Waals surface area contributed by atoms with Crippen LogP contribution in [0.1, 0.15) is 44.6 Å². The summed E-state index contributed by atoms with van der Waals surface area (Å²) in [6.45, 7) is 2.18. The molecule has 1 aliphatic rings. The van der Waals surface area contributed by atoms with E-state index in [2.05, 4.69) is 33.3 Å². The zero-order chi connectivity index (χ0) is 19.8. The number of nitrogens with one attached hydrogen (secondary N) is 1. The number of aromatic nitrogens is 1. The number of carbonyl (C=O) groups excluding carboxylic acids is 2. The summed E-state index contributed by atoms with van der Waals surface area (Å²) in [5, 5.41) is 7.16. The molecule has 1 aliphatic carbocycles. The van der Waals surface area contributed by atoms with Crippen LogP contribution < -0.4 is 11.1 Å². The Morgan fingerprint density at radius 1 is 1.32 bits per heavy atom. The molecule has 3 N–H and O–H groups in total. The largest absolute Gasteiger partial charge is 0.365 e. The molecule has 3 aromatic rings. The summed E-state index contributed by atoms with van der Waals surface area (Å²) in [4.78, 5) is 25.8. The Hall–Kier alpha value is -2.45. The number of hydrogen-bond donors (Lipinski definition) is 2. The number of nitrogens with two attached hydrogens (primary N) is 1. The fourth-order valence-electron chi connectivity index (χ4n) is 3.40. The fraction of sp³-hybridized carbons (Fsp3) is 0.250. The lowest BCUT2D eigenvalue weighted by atomic mass is 9.88. The topological polar surface area (TPSA) is 98.2 Å². The molecule has 0 saturated carbocycles. The third kappa shape index (κ3) is 3.62. The SMILES string of the molecule is C[C@H]1CCc2c(sc(NC(=O)c3cc(-c4ccc(Br)cc4)on3)c2C(N)=O)C1. The molecule has 0 spiro atoms. The molecule has 2 heterocycles. The van der Waals surface area contributed by atoms with Gasteiger partial charge in [0.1, 0.15) is 5.00 Å². The van der Waals surface area contributed by atoms with E-state index in [4.69, 9.17) is 10.3 Å². The molecule has 0 bridgehead atoms. The van der Waals surface area contributed by atoms with Crippen molar-refractivity contribution < 1.29 is 14.1 Å².